The van der Waals surface area contributed by atoms with Crippen LogP contribution in [0.4, 0.5) is 13.2 Å². The maximum absolute atomic E-state index is 13.1. The lowest BCUT2D eigenvalue weighted by Gasteiger charge is -2.20. The number of halogens is 3. The first-order chi connectivity index (χ1) is 11.9. The molecule has 4 nitrogen and oxygen atoms in total. The van der Waals surface area contributed by atoms with Gasteiger partial charge in [0.2, 0.25) is 5.88 Å². The highest BCUT2D eigenvalue weighted by molar-refractivity contribution is 5.34. The van der Waals surface area contributed by atoms with Gasteiger partial charge in [0.15, 0.2) is 0 Å². The van der Waals surface area contributed by atoms with Crippen LogP contribution in [0.2, 0.25) is 0 Å². The summed E-state index contributed by atoms with van der Waals surface area (Å²) in [6, 6.07) is 9.13. The van der Waals surface area contributed by atoms with Crippen molar-refractivity contribution in [3.8, 4) is 5.88 Å². The van der Waals surface area contributed by atoms with Gasteiger partial charge in [-0.05, 0) is 22.8 Å². The number of nitrogens with zero attached hydrogens (tertiary/aromatic N) is 2. The van der Waals surface area contributed by atoms with E-state index in [4.69, 9.17) is 9.57 Å². The number of benzene rings is 1. The van der Waals surface area contributed by atoms with Gasteiger partial charge in [-0.1, -0.05) is 31.2 Å². The maximum atomic E-state index is 13.1. The number of hydroxylamine groups is 2. The van der Waals surface area contributed by atoms with E-state index in [1.807, 2.05) is 36.3 Å². The molecule has 0 saturated carbocycles. The van der Waals surface area contributed by atoms with Gasteiger partial charge < -0.3 is 4.74 Å². The van der Waals surface area contributed by atoms with E-state index in [0.717, 1.165) is 6.07 Å². The molecular weight excluding hydrogens is 333 g/mol. The van der Waals surface area contributed by atoms with E-state index in [1.54, 1.807) is 0 Å². The van der Waals surface area contributed by atoms with Crippen LogP contribution in [-0.2, 0) is 24.1 Å². The number of rotatable bonds is 5. The second kappa shape index (κ2) is 7.01. The molecular formula is C18H19F3N2O2. The fourth-order valence-corrected chi connectivity index (χ4v) is 2.81. The molecule has 134 valence electrons. The van der Waals surface area contributed by atoms with Gasteiger partial charge in [0.1, 0.15) is 5.56 Å². The van der Waals surface area contributed by atoms with Crippen molar-refractivity contribution in [2.24, 2.45) is 0 Å². The van der Waals surface area contributed by atoms with Crippen molar-refractivity contribution in [2.75, 3.05) is 13.7 Å². The van der Waals surface area contributed by atoms with E-state index in [1.165, 1.54) is 24.4 Å². The lowest BCUT2D eigenvalue weighted by atomic mass is 10.0. The molecule has 0 saturated heterocycles. The smallest absolute Gasteiger partial charge is 0.421 e. The summed E-state index contributed by atoms with van der Waals surface area (Å²) in [7, 11) is 1.18. The number of pyridine rings is 1. The van der Waals surface area contributed by atoms with E-state index in [2.05, 4.69) is 4.98 Å². The molecule has 1 aliphatic rings. The van der Waals surface area contributed by atoms with Gasteiger partial charge in [0.25, 0.3) is 0 Å². The highest BCUT2D eigenvalue weighted by Gasteiger charge is 2.36. The average molecular weight is 352 g/mol. The maximum Gasteiger partial charge on any atom is 0.421 e. The van der Waals surface area contributed by atoms with Crippen molar-refractivity contribution in [2.45, 2.75) is 32.1 Å². The Hall–Kier alpha value is -2.12. The van der Waals surface area contributed by atoms with Crippen molar-refractivity contribution in [1.82, 2.24) is 10.0 Å². The molecule has 0 aliphatic carbocycles. The van der Waals surface area contributed by atoms with Crippen molar-refractivity contribution in [3.63, 3.8) is 0 Å². The van der Waals surface area contributed by atoms with Crippen LogP contribution < -0.4 is 4.74 Å². The number of fused-ring (bicyclic) bond motifs is 1. The molecule has 2 heterocycles. The zero-order valence-corrected chi connectivity index (χ0v) is 14.0. The summed E-state index contributed by atoms with van der Waals surface area (Å²) in [5.41, 5.74) is 2.01. The number of aromatic nitrogens is 1. The largest absolute Gasteiger partial charge is 0.481 e. The Bertz CT molecular complexity index is 724. The molecule has 25 heavy (non-hydrogen) atoms. The van der Waals surface area contributed by atoms with E-state index in [0.29, 0.717) is 18.7 Å². The molecule has 1 unspecified atom stereocenters. The van der Waals surface area contributed by atoms with E-state index in [9.17, 15) is 13.2 Å². The molecule has 1 aromatic heterocycles. The van der Waals surface area contributed by atoms with Crippen LogP contribution >= 0.6 is 0 Å². The topological polar surface area (TPSA) is 34.6 Å². The standard InChI is InChI=1S/C18H19F3N2O2/c1-12(11-25-23-9-13-5-3-4-6-14(13)10-23)15-7-16(18(19,20)21)17(24-2)22-8-15/h3-8,12H,9-11H2,1-2H3. The summed E-state index contributed by atoms with van der Waals surface area (Å²) < 4.78 is 44.0. The lowest BCUT2D eigenvalue weighted by molar-refractivity contribution is -0.169. The zero-order chi connectivity index (χ0) is 18.0. The first-order valence-electron chi connectivity index (χ1n) is 7.94. The van der Waals surface area contributed by atoms with Gasteiger partial charge in [0, 0.05) is 25.2 Å². The first kappa shape index (κ1) is 17.7. The number of methoxy groups -OCH3 is 1. The third kappa shape index (κ3) is 3.93. The summed E-state index contributed by atoms with van der Waals surface area (Å²) in [5.74, 6) is -0.650. The molecule has 7 heteroatoms. The van der Waals surface area contributed by atoms with Crippen LogP contribution in [0, 0.1) is 0 Å². The average Bonchev–Trinajstić information content (AvgIpc) is 3.01. The predicted molar refractivity (Wildman–Crippen MR) is 85.8 cm³/mol. The number of alkyl halides is 3. The number of ether oxygens (including phenoxy) is 1. The molecule has 1 aromatic carbocycles. The third-order valence-corrected chi connectivity index (χ3v) is 4.26. The van der Waals surface area contributed by atoms with Crippen molar-refractivity contribution >= 4 is 0 Å². The minimum atomic E-state index is -4.51. The van der Waals surface area contributed by atoms with Crippen LogP contribution in [0.1, 0.15) is 35.1 Å². The highest BCUT2D eigenvalue weighted by atomic mass is 19.4. The van der Waals surface area contributed by atoms with E-state index in [-0.39, 0.29) is 12.5 Å². The highest BCUT2D eigenvalue weighted by Crippen LogP contribution is 2.36. The molecule has 1 aliphatic heterocycles. The Morgan fingerprint density at radius 2 is 1.84 bits per heavy atom. The predicted octanol–water partition coefficient (Wildman–Crippen LogP) is 4.16. The fraction of sp³-hybridized carbons (Fsp3) is 0.389. The molecule has 0 amide bonds. The molecule has 1 atom stereocenters. The SMILES string of the molecule is COc1ncc(C(C)CON2Cc3ccccc3C2)cc1C(F)(F)F. The molecule has 3 rings (SSSR count). The van der Waals surface area contributed by atoms with Gasteiger partial charge in [-0.25, -0.2) is 4.98 Å². The van der Waals surface area contributed by atoms with Crippen molar-refractivity contribution in [1.29, 1.82) is 0 Å². The Morgan fingerprint density at radius 3 is 2.40 bits per heavy atom. The van der Waals surface area contributed by atoms with Crippen molar-refractivity contribution in [3.05, 3.63) is 58.8 Å². The number of hydrogen-bond acceptors (Lipinski definition) is 4. The monoisotopic (exact) mass is 352 g/mol. The molecule has 2 aromatic rings. The Morgan fingerprint density at radius 1 is 1.20 bits per heavy atom. The van der Waals surface area contributed by atoms with Crippen LogP contribution in [0.3, 0.4) is 0 Å². The van der Waals surface area contributed by atoms with E-state index >= 15 is 0 Å². The first-order valence-corrected chi connectivity index (χ1v) is 7.94. The Kier molecular flexibility index (Phi) is 4.96. The van der Waals surface area contributed by atoms with Gasteiger partial charge in [0.05, 0.1) is 13.7 Å². The van der Waals surface area contributed by atoms with Gasteiger partial charge in [-0.15, -0.1) is 0 Å². The summed E-state index contributed by atoms with van der Waals surface area (Å²) in [6.45, 7) is 3.45. The summed E-state index contributed by atoms with van der Waals surface area (Å²) in [6.07, 6.45) is -3.10. The quantitative estimate of drug-likeness (QED) is 0.809. The van der Waals surface area contributed by atoms with Crippen LogP contribution in [0.15, 0.2) is 36.5 Å². The minimum absolute atomic E-state index is 0.233. The Balaban J connectivity index is 1.65. The van der Waals surface area contributed by atoms with Crippen LogP contribution in [0.5, 0.6) is 5.88 Å². The van der Waals surface area contributed by atoms with Crippen molar-refractivity contribution < 1.29 is 22.7 Å². The third-order valence-electron chi connectivity index (χ3n) is 4.26. The fourth-order valence-electron chi connectivity index (χ4n) is 2.81. The second-order valence-corrected chi connectivity index (χ2v) is 6.09. The van der Waals surface area contributed by atoms with Gasteiger partial charge in [-0.3, -0.25) is 4.84 Å². The number of hydrogen-bond donors (Lipinski definition) is 0. The molecule has 0 N–H and O–H groups in total. The summed E-state index contributed by atoms with van der Waals surface area (Å²) >= 11 is 0. The lowest BCUT2D eigenvalue weighted by Crippen LogP contribution is -2.20. The molecule has 0 bridgehead atoms. The zero-order valence-electron chi connectivity index (χ0n) is 14.0. The summed E-state index contributed by atoms with van der Waals surface area (Å²) in [4.78, 5) is 9.56. The second-order valence-electron chi connectivity index (χ2n) is 6.09. The van der Waals surface area contributed by atoms with Crippen LogP contribution in [-0.4, -0.2) is 23.8 Å². The van der Waals surface area contributed by atoms with Gasteiger partial charge >= 0.3 is 6.18 Å². The van der Waals surface area contributed by atoms with Gasteiger partial charge in [-0.2, -0.15) is 18.2 Å². The molecule has 0 spiro atoms. The van der Waals surface area contributed by atoms with Crippen LogP contribution in [0.25, 0.3) is 0 Å². The molecule has 0 radical (unpaired) electrons. The minimum Gasteiger partial charge on any atom is -0.481 e. The Labute approximate surface area is 144 Å². The van der Waals surface area contributed by atoms with E-state index < -0.39 is 17.6 Å². The molecule has 0 fully saturated rings. The normalized spacial score (nSPS) is 15.9. The summed E-state index contributed by atoms with van der Waals surface area (Å²) in [5, 5.41) is 1.82.